The van der Waals surface area contributed by atoms with Crippen molar-refractivity contribution in [1.29, 1.82) is 0 Å². The van der Waals surface area contributed by atoms with Crippen LogP contribution in [0.2, 0.25) is 0 Å². The maximum atomic E-state index is 5.91. The number of benzene rings is 1. The zero-order valence-electron chi connectivity index (χ0n) is 11.0. The van der Waals surface area contributed by atoms with E-state index in [1.165, 1.54) is 0 Å². The Hall–Kier alpha value is -1.26. The van der Waals surface area contributed by atoms with Crippen molar-refractivity contribution in [2.45, 2.75) is 12.3 Å². The van der Waals surface area contributed by atoms with Gasteiger partial charge in [-0.1, -0.05) is 0 Å². The summed E-state index contributed by atoms with van der Waals surface area (Å²) >= 11 is 0. The van der Waals surface area contributed by atoms with Crippen molar-refractivity contribution in [3.8, 4) is 11.5 Å². The van der Waals surface area contributed by atoms with Crippen molar-refractivity contribution in [2.24, 2.45) is 11.7 Å². The van der Waals surface area contributed by atoms with Gasteiger partial charge in [0.15, 0.2) is 0 Å². The largest absolute Gasteiger partial charge is 0.497 e. The van der Waals surface area contributed by atoms with Crippen LogP contribution in [0, 0.1) is 5.92 Å². The van der Waals surface area contributed by atoms with E-state index in [4.69, 9.17) is 19.9 Å². The summed E-state index contributed by atoms with van der Waals surface area (Å²) < 4.78 is 15.9. The van der Waals surface area contributed by atoms with Gasteiger partial charge in [0.2, 0.25) is 0 Å². The minimum atomic E-state index is 0.295. The van der Waals surface area contributed by atoms with Crippen LogP contribution in [0.25, 0.3) is 0 Å². The van der Waals surface area contributed by atoms with Crippen LogP contribution in [0.4, 0.5) is 0 Å². The minimum absolute atomic E-state index is 0.295. The molecule has 1 unspecified atom stereocenters. The van der Waals surface area contributed by atoms with E-state index in [0.717, 1.165) is 36.7 Å². The lowest BCUT2D eigenvalue weighted by Gasteiger charge is -2.30. The van der Waals surface area contributed by atoms with Gasteiger partial charge in [0, 0.05) is 17.4 Å². The number of rotatable bonds is 6. The Morgan fingerprint density at radius 1 is 1.33 bits per heavy atom. The van der Waals surface area contributed by atoms with Gasteiger partial charge in [-0.25, -0.2) is 0 Å². The number of hydrogen-bond acceptors (Lipinski definition) is 4. The lowest BCUT2D eigenvalue weighted by molar-refractivity contribution is -0.0382. The van der Waals surface area contributed by atoms with Crippen LogP contribution in [-0.2, 0) is 4.74 Å². The van der Waals surface area contributed by atoms with Gasteiger partial charge in [-0.05, 0) is 31.2 Å². The molecule has 100 valence electrons. The summed E-state index contributed by atoms with van der Waals surface area (Å²) in [5.74, 6) is 2.64. The molecule has 0 spiro atoms. The molecule has 1 fully saturated rings. The van der Waals surface area contributed by atoms with Crippen molar-refractivity contribution >= 4 is 0 Å². The molecule has 4 nitrogen and oxygen atoms in total. The van der Waals surface area contributed by atoms with Crippen LogP contribution in [0.1, 0.15) is 17.9 Å². The van der Waals surface area contributed by atoms with E-state index < -0.39 is 0 Å². The topological polar surface area (TPSA) is 53.7 Å². The molecule has 2 rings (SSSR count). The Morgan fingerprint density at radius 3 is 2.61 bits per heavy atom. The summed E-state index contributed by atoms with van der Waals surface area (Å²) in [7, 11) is 3.36. The van der Waals surface area contributed by atoms with Crippen LogP contribution < -0.4 is 15.2 Å². The normalized spacial score (nSPS) is 17.1. The number of nitrogens with two attached hydrogens (primary N) is 1. The molecule has 1 saturated heterocycles. The van der Waals surface area contributed by atoms with Crippen molar-refractivity contribution in [3.05, 3.63) is 23.8 Å². The third kappa shape index (κ3) is 2.76. The predicted octanol–water partition coefficient (Wildman–Crippen LogP) is 1.78. The first kappa shape index (κ1) is 13.2. The maximum Gasteiger partial charge on any atom is 0.122 e. The molecule has 0 radical (unpaired) electrons. The van der Waals surface area contributed by atoms with Gasteiger partial charge < -0.3 is 19.9 Å². The average molecular weight is 251 g/mol. The van der Waals surface area contributed by atoms with E-state index in [0.29, 0.717) is 18.4 Å². The maximum absolute atomic E-state index is 5.91. The summed E-state index contributed by atoms with van der Waals surface area (Å²) in [6.45, 7) is 2.31. The van der Waals surface area contributed by atoms with Crippen LogP contribution in [-0.4, -0.2) is 34.0 Å². The van der Waals surface area contributed by atoms with Crippen molar-refractivity contribution in [2.75, 3.05) is 34.0 Å². The summed E-state index contributed by atoms with van der Waals surface area (Å²) in [6, 6.07) is 5.87. The molecule has 2 N–H and O–H groups in total. The van der Waals surface area contributed by atoms with Crippen molar-refractivity contribution in [3.63, 3.8) is 0 Å². The molecule has 0 aromatic heterocycles. The Bertz CT molecular complexity index is 391. The number of ether oxygens (including phenoxy) is 3. The Balaban J connectivity index is 2.20. The van der Waals surface area contributed by atoms with Gasteiger partial charge >= 0.3 is 0 Å². The molecule has 18 heavy (non-hydrogen) atoms. The second-order valence-electron chi connectivity index (χ2n) is 4.68. The van der Waals surface area contributed by atoms with Gasteiger partial charge in [-0.15, -0.1) is 0 Å². The standard InChI is InChI=1S/C14H21NO3/c1-16-12-3-4-14(17-2)13(6-12)11(7-15)5-10-8-18-9-10/h3-4,6,10-11H,5,7-9,15H2,1-2H3. The number of hydrogen-bond donors (Lipinski definition) is 1. The monoisotopic (exact) mass is 251 g/mol. The van der Waals surface area contributed by atoms with Gasteiger partial charge in [0.1, 0.15) is 11.5 Å². The fourth-order valence-electron chi connectivity index (χ4n) is 2.33. The van der Waals surface area contributed by atoms with Gasteiger partial charge in [-0.3, -0.25) is 0 Å². The van der Waals surface area contributed by atoms with E-state index in [-0.39, 0.29) is 0 Å². The molecule has 1 heterocycles. The zero-order valence-corrected chi connectivity index (χ0v) is 11.0. The molecule has 0 amide bonds. The molecule has 0 aliphatic carbocycles. The highest BCUT2D eigenvalue weighted by molar-refractivity contribution is 5.42. The van der Waals surface area contributed by atoms with Crippen molar-refractivity contribution in [1.82, 2.24) is 0 Å². The summed E-state index contributed by atoms with van der Waals surface area (Å²) in [5, 5.41) is 0. The minimum Gasteiger partial charge on any atom is -0.497 e. The molecule has 0 saturated carbocycles. The second kappa shape index (κ2) is 6.07. The Morgan fingerprint density at radius 2 is 2.11 bits per heavy atom. The first-order chi connectivity index (χ1) is 8.78. The molecule has 1 aromatic rings. The fourth-order valence-corrected chi connectivity index (χ4v) is 2.33. The van der Waals surface area contributed by atoms with Crippen LogP contribution in [0.15, 0.2) is 18.2 Å². The fraction of sp³-hybridized carbons (Fsp3) is 0.571. The average Bonchev–Trinajstić information content (AvgIpc) is 2.37. The van der Waals surface area contributed by atoms with Crippen molar-refractivity contribution < 1.29 is 14.2 Å². The predicted molar refractivity (Wildman–Crippen MR) is 70.3 cm³/mol. The third-order valence-corrected chi connectivity index (χ3v) is 3.49. The molecular formula is C14H21NO3. The van der Waals surface area contributed by atoms with E-state index in [1.807, 2.05) is 18.2 Å². The molecule has 1 atom stereocenters. The second-order valence-corrected chi connectivity index (χ2v) is 4.68. The SMILES string of the molecule is COc1ccc(OC)c(C(CN)CC2COC2)c1. The number of methoxy groups -OCH3 is 2. The molecule has 0 bridgehead atoms. The Kier molecular flexibility index (Phi) is 4.44. The lowest BCUT2D eigenvalue weighted by Crippen LogP contribution is -2.30. The van der Waals surface area contributed by atoms with Crippen LogP contribution in [0.5, 0.6) is 11.5 Å². The Labute approximate surface area is 108 Å². The van der Waals surface area contributed by atoms with Gasteiger partial charge in [0.05, 0.1) is 27.4 Å². The third-order valence-electron chi connectivity index (χ3n) is 3.49. The van der Waals surface area contributed by atoms with Gasteiger partial charge in [0.25, 0.3) is 0 Å². The smallest absolute Gasteiger partial charge is 0.122 e. The van der Waals surface area contributed by atoms with E-state index in [1.54, 1.807) is 14.2 Å². The lowest BCUT2D eigenvalue weighted by atomic mass is 9.87. The first-order valence-corrected chi connectivity index (χ1v) is 6.28. The van der Waals surface area contributed by atoms with E-state index >= 15 is 0 Å². The van der Waals surface area contributed by atoms with E-state index in [2.05, 4.69) is 0 Å². The molecule has 1 aliphatic heterocycles. The molecule has 1 aliphatic rings. The van der Waals surface area contributed by atoms with E-state index in [9.17, 15) is 0 Å². The quantitative estimate of drug-likeness (QED) is 0.837. The highest BCUT2D eigenvalue weighted by Crippen LogP contribution is 2.35. The molecular weight excluding hydrogens is 230 g/mol. The molecule has 4 heteroatoms. The van der Waals surface area contributed by atoms with Gasteiger partial charge in [-0.2, -0.15) is 0 Å². The van der Waals surface area contributed by atoms with Crippen LogP contribution in [0.3, 0.4) is 0 Å². The zero-order chi connectivity index (χ0) is 13.0. The first-order valence-electron chi connectivity index (χ1n) is 6.28. The van der Waals surface area contributed by atoms with Crippen LogP contribution >= 0.6 is 0 Å². The molecule has 1 aromatic carbocycles. The highest BCUT2D eigenvalue weighted by Gasteiger charge is 2.25. The summed E-state index contributed by atoms with van der Waals surface area (Å²) in [5.41, 5.74) is 7.04. The highest BCUT2D eigenvalue weighted by atomic mass is 16.5. The summed E-state index contributed by atoms with van der Waals surface area (Å²) in [4.78, 5) is 0. The summed E-state index contributed by atoms with van der Waals surface area (Å²) in [6.07, 6.45) is 1.04.